The van der Waals surface area contributed by atoms with Crippen LogP contribution in [-0.4, -0.2) is 54.9 Å². The van der Waals surface area contributed by atoms with Crippen molar-refractivity contribution in [2.75, 3.05) is 33.3 Å². The average molecular weight is 255 g/mol. The van der Waals surface area contributed by atoms with Gasteiger partial charge in [0.05, 0.1) is 0 Å². The first-order valence-corrected chi connectivity index (χ1v) is 7.46. The second kappa shape index (κ2) is 6.33. The molecule has 1 aliphatic heterocycles. The van der Waals surface area contributed by atoms with Crippen molar-refractivity contribution in [2.45, 2.75) is 50.1 Å². The number of nitrogens with zero attached hydrogens (tertiary/aromatic N) is 1. The summed E-state index contributed by atoms with van der Waals surface area (Å²) >= 11 is 0. The van der Waals surface area contributed by atoms with Crippen molar-refractivity contribution < 1.29 is 5.11 Å². The molecule has 0 amide bonds. The molecule has 1 saturated carbocycles. The van der Waals surface area contributed by atoms with Gasteiger partial charge in [0.2, 0.25) is 0 Å². The lowest BCUT2D eigenvalue weighted by molar-refractivity contribution is 0.0958. The molecule has 4 heteroatoms. The van der Waals surface area contributed by atoms with Gasteiger partial charge in [0.1, 0.15) is 0 Å². The van der Waals surface area contributed by atoms with Gasteiger partial charge < -0.3 is 21.1 Å². The number of hydrogen-bond acceptors (Lipinski definition) is 4. The summed E-state index contributed by atoms with van der Waals surface area (Å²) in [6, 6.07) is 0.468. The van der Waals surface area contributed by atoms with E-state index in [0.29, 0.717) is 18.6 Å². The standard InChI is InChI=1S/C14H29N3O/c1-17-8-6-14(11-15,7-9-17)16-13-5-3-2-4-12(13)10-18/h12-13,16,18H,2-11,15H2,1H3. The Morgan fingerprint density at radius 2 is 1.94 bits per heavy atom. The predicted molar refractivity (Wildman–Crippen MR) is 74.5 cm³/mol. The van der Waals surface area contributed by atoms with Crippen molar-refractivity contribution in [1.29, 1.82) is 0 Å². The van der Waals surface area contributed by atoms with Crippen LogP contribution in [0.5, 0.6) is 0 Å². The van der Waals surface area contributed by atoms with Crippen LogP contribution in [0.1, 0.15) is 38.5 Å². The molecule has 0 aromatic heterocycles. The van der Waals surface area contributed by atoms with Crippen molar-refractivity contribution in [3.05, 3.63) is 0 Å². The molecule has 106 valence electrons. The zero-order chi connectivity index (χ0) is 13.0. The fourth-order valence-electron chi connectivity index (χ4n) is 3.46. The monoisotopic (exact) mass is 255 g/mol. The van der Waals surface area contributed by atoms with E-state index in [1.807, 2.05) is 0 Å². The highest BCUT2D eigenvalue weighted by Gasteiger charge is 2.36. The molecule has 2 atom stereocenters. The molecular weight excluding hydrogens is 226 g/mol. The number of aliphatic hydroxyl groups excluding tert-OH is 1. The third kappa shape index (κ3) is 3.23. The molecular formula is C14H29N3O. The van der Waals surface area contributed by atoms with E-state index < -0.39 is 0 Å². The lowest BCUT2D eigenvalue weighted by Gasteiger charge is -2.45. The normalized spacial score (nSPS) is 33.5. The maximum absolute atomic E-state index is 9.51. The van der Waals surface area contributed by atoms with Gasteiger partial charge in [-0.15, -0.1) is 0 Å². The zero-order valence-electron chi connectivity index (χ0n) is 11.7. The smallest absolute Gasteiger partial charge is 0.0474 e. The number of hydrogen-bond donors (Lipinski definition) is 3. The van der Waals surface area contributed by atoms with Gasteiger partial charge in [0.25, 0.3) is 0 Å². The number of piperidine rings is 1. The molecule has 1 aliphatic carbocycles. The summed E-state index contributed by atoms with van der Waals surface area (Å²) in [5.74, 6) is 0.432. The van der Waals surface area contributed by atoms with Gasteiger partial charge in [0, 0.05) is 24.7 Å². The molecule has 2 aliphatic rings. The number of nitrogens with one attached hydrogen (secondary N) is 1. The van der Waals surface area contributed by atoms with Crippen LogP contribution in [0.3, 0.4) is 0 Å². The fourth-order valence-corrected chi connectivity index (χ4v) is 3.46. The highest BCUT2D eigenvalue weighted by atomic mass is 16.3. The van der Waals surface area contributed by atoms with Crippen LogP contribution < -0.4 is 11.1 Å². The highest BCUT2D eigenvalue weighted by Crippen LogP contribution is 2.29. The Morgan fingerprint density at radius 3 is 2.56 bits per heavy atom. The predicted octanol–water partition coefficient (Wildman–Crippen LogP) is 0.550. The number of likely N-dealkylation sites (tertiary alicyclic amines) is 1. The van der Waals surface area contributed by atoms with Gasteiger partial charge in [-0.05, 0) is 51.7 Å². The Hall–Kier alpha value is -0.160. The van der Waals surface area contributed by atoms with E-state index in [0.717, 1.165) is 38.9 Å². The summed E-state index contributed by atoms with van der Waals surface area (Å²) in [4.78, 5) is 2.37. The summed E-state index contributed by atoms with van der Waals surface area (Å²) in [6.07, 6.45) is 7.18. The minimum atomic E-state index is 0.113. The molecule has 1 heterocycles. The molecule has 2 unspecified atom stereocenters. The third-order valence-corrected chi connectivity index (χ3v) is 4.97. The molecule has 0 radical (unpaired) electrons. The van der Waals surface area contributed by atoms with Crippen molar-refractivity contribution in [2.24, 2.45) is 11.7 Å². The van der Waals surface area contributed by atoms with Gasteiger partial charge in [0.15, 0.2) is 0 Å². The molecule has 0 aromatic carbocycles. The van der Waals surface area contributed by atoms with E-state index in [4.69, 9.17) is 5.73 Å². The second-order valence-electron chi connectivity index (χ2n) is 6.27. The fraction of sp³-hybridized carbons (Fsp3) is 1.00. The SMILES string of the molecule is CN1CCC(CN)(NC2CCCCC2CO)CC1. The number of nitrogens with two attached hydrogens (primary N) is 1. The summed E-state index contributed by atoms with van der Waals surface area (Å²) in [5.41, 5.74) is 6.16. The van der Waals surface area contributed by atoms with E-state index in [2.05, 4.69) is 17.3 Å². The first kappa shape index (κ1) is 14.3. The van der Waals surface area contributed by atoms with Gasteiger partial charge >= 0.3 is 0 Å². The Bertz CT molecular complexity index is 251. The summed E-state index contributed by atoms with van der Waals surface area (Å²) < 4.78 is 0. The zero-order valence-corrected chi connectivity index (χ0v) is 11.7. The van der Waals surface area contributed by atoms with Gasteiger partial charge in [-0.1, -0.05) is 12.8 Å². The molecule has 0 bridgehead atoms. The first-order chi connectivity index (χ1) is 8.69. The molecule has 1 saturated heterocycles. The maximum atomic E-state index is 9.51. The first-order valence-electron chi connectivity index (χ1n) is 7.46. The van der Waals surface area contributed by atoms with Crippen LogP contribution in [0, 0.1) is 5.92 Å². The highest BCUT2D eigenvalue weighted by molar-refractivity contribution is 4.97. The van der Waals surface area contributed by atoms with E-state index in [-0.39, 0.29) is 5.54 Å². The average Bonchev–Trinajstić information content (AvgIpc) is 2.42. The topological polar surface area (TPSA) is 61.5 Å². The van der Waals surface area contributed by atoms with Crippen LogP contribution in [-0.2, 0) is 0 Å². The van der Waals surface area contributed by atoms with Crippen LogP contribution in [0.2, 0.25) is 0 Å². The Morgan fingerprint density at radius 1 is 1.28 bits per heavy atom. The molecule has 4 N–H and O–H groups in total. The molecule has 2 fully saturated rings. The summed E-state index contributed by atoms with van der Waals surface area (Å²) in [6.45, 7) is 3.29. The van der Waals surface area contributed by atoms with E-state index >= 15 is 0 Å². The van der Waals surface area contributed by atoms with Gasteiger partial charge in [-0.25, -0.2) is 0 Å². The largest absolute Gasteiger partial charge is 0.396 e. The minimum absolute atomic E-state index is 0.113. The molecule has 0 aromatic rings. The Balaban J connectivity index is 1.96. The van der Waals surface area contributed by atoms with Crippen molar-refractivity contribution in [1.82, 2.24) is 10.2 Å². The summed E-state index contributed by atoms with van der Waals surface area (Å²) in [5, 5.41) is 13.3. The van der Waals surface area contributed by atoms with E-state index in [9.17, 15) is 5.11 Å². The van der Waals surface area contributed by atoms with E-state index in [1.165, 1.54) is 19.3 Å². The van der Waals surface area contributed by atoms with Gasteiger partial charge in [-0.2, -0.15) is 0 Å². The number of rotatable bonds is 4. The van der Waals surface area contributed by atoms with Crippen LogP contribution in [0.15, 0.2) is 0 Å². The van der Waals surface area contributed by atoms with Crippen LogP contribution in [0.4, 0.5) is 0 Å². The molecule has 2 rings (SSSR count). The van der Waals surface area contributed by atoms with Crippen LogP contribution >= 0.6 is 0 Å². The summed E-state index contributed by atoms with van der Waals surface area (Å²) in [7, 11) is 2.18. The third-order valence-electron chi connectivity index (χ3n) is 4.97. The van der Waals surface area contributed by atoms with Crippen molar-refractivity contribution in [3.63, 3.8) is 0 Å². The number of aliphatic hydroxyl groups is 1. The van der Waals surface area contributed by atoms with Crippen LogP contribution in [0.25, 0.3) is 0 Å². The molecule has 0 spiro atoms. The van der Waals surface area contributed by atoms with Crippen molar-refractivity contribution >= 4 is 0 Å². The van der Waals surface area contributed by atoms with Gasteiger partial charge in [-0.3, -0.25) is 0 Å². The minimum Gasteiger partial charge on any atom is -0.396 e. The second-order valence-corrected chi connectivity index (χ2v) is 6.27. The Labute approximate surface area is 111 Å². The van der Waals surface area contributed by atoms with E-state index in [1.54, 1.807) is 0 Å². The molecule has 18 heavy (non-hydrogen) atoms. The lowest BCUT2D eigenvalue weighted by atomic mass is 9.80. The maximum Gasteiger partial charge on any atom is 0.0474 e. The lowest BCUT2D eigenvalue weighted by Crippen LogP contribution is -2.61. The molecule has 4 nitrogen and oxygen atoms in total. The Kier molecular flexibility index (Phi) is 5.01. The van der Waals surface area contributed by atoms with Crippen molar-refractivity contribution in [3.8, 4) is 0 Å². The quantitative estimate of drug-likeness (QED) is 0.686.